The van der Waals surface area contributed by atoms with E-state index in [0.29, 0.717) is 24.0 Å². The Balaban J connectivity index is 2.19. The summed E-state index contributed by atoms with van der Waals surface area (Å²) in [6.07, 6.45) is 3.92. The molecule has 1 aromatic heterocycles. The maximum Gasteiger partial charge on any atom is 0.325 e. The van der Waals surface area contributed by atoms with Crippen molar-refractivity contribution >= 4 is 17.6 Å². The van der Waals surface area contributed by atoms with E-state index in [0.717, 1.165) is 12.8 Å². The highest BCUT2D eigenvalue weighted by Gasteiger charge is 2.29. The van der Waals surface area contributed by atoms with Crippen molar-refractivity contribution in [3.8, 4) is 0 Å². The van der Waals surface area contributed by atoms with Crippen LogP contribution in [0.15, 0.2) is 12.3 Å². The Morgan fingerprint density at radius 2 is 2.21 bits per heavy atom. The first kappa shape index (κ1) is 13.5. The van der Waals surface area contributed by atoms with Gasteiger partial charge in [0.25, 0.3) is 5.91 Å². The fraction of sp³-hybridized carbons (Fsp3) is 0.538. The van der Waals surface area contributed by atoms with Crippen molar-refractivity contribution in [2.45, 2.75) is 25.8 Å². The smallest absolute Gasteiger partial charge is 0.325 e. The van der Waals surface area contributed by atoms with Crippen LogP contribution in [0.5, 0.6) is 0 Å². The number of nitrogens with two attached hydrogens (primary N) is 1. The van der Waals surface area contributed by atoms with Crippen LogP contribution in [-0.2, 0) is 9.53 Å². The topological polar surface area (TPSA) is 77.6 Å². The lowest BCUT2D eigenvalue weighted by molar-refractivity contribution is -0.141. The van der Waals surface area contributed by atoms with Gasteiger partial charge in [-0.05, 0) is 25.8 Å². The van der Waals surface area contributed by atoms with Crippen LogP contribution in [-0.4, -0.2) is 41.5 Å². The monoisotopic (exact) mass is 265 g/mol. The van der Waals surface area contributed by atoms with E-state index in [2.05, 4.69) is 4.74 Å². The van der Waals surface area contributed by atoms with E-state index in [9.17, 15) is 9.59 Å². The maximum atomic E-state index is 12.4. The van der Waals surface area contributed by atoms with Crippen molar-refractivity contribution in [2.24, 2.45) is 0 Å². The zero-order valence-corrected chi connectivity index (χ0v) is 11.3. The summed E-state index contributed by atoms with van der Waals surface area (Å²) < 4.78 is 6.51. The predicted molar refractivity (Wildman–Crippen MR) is 70.7 cm³/mol. The molecule has 1 aliphatic rings. The molecule has 2 N–H and O–H groups in total. The van der Waals surface area contributed by atoms with Gasteiger partial charge < -0.3 is 19.9 Å². The molecule has 0 spiro atoms. The quantitative estimate of drug-likeness (QED) is 0.807. The molecule has 0 aromatic carbocycles. The lowest BCUT2D eigenvalue weighted by Crippen LogP contribution is -2.37. The molecule has 104 valence electrons. The van der Waals surface area contributed by atoms with Crippen molar-refractivity contribution < 1.29 is 14.3 Å². The number of hydrogen-bond acceptors (Lipinski definition) is 4. The zero-order valence-electron chi connectivity index (χ0n) is 11.3. The summed E-state index contributed by atoms with van der Waals surface area (Å²) in [7, 11) is 1.31. The Labute approximate surface area is 112 Å². The summed E-state index contributed by atoms with van der Waals surface area (Å²) >= 11 is 0. The number of likely N-dealkylation sites (N-methyl/N-ethyl adjacent to an activating group) is 1. The van der Waals surface area contributed by atoms with E-state index >= 15 is 0 Å². The van der Waals surface area contributed by atoms with Crippen molar-refractivity contribution in [3.05, 3.63) is 18.0 Å². The van der Waals surface area contributed by atoms with Gasteiger partial charge in [0.2, 0.25) is 0 Å². The van der Waals surface area contributed by atoms with Gasteiger partial charge in [0, 0.05) is 18.8 Å². The molecule has 1 aliphatic carbocycles. The van der Waals surface area contributed by atoms with Crippen molar-refractivity contribution in [2.75, 3.05) is 25.9 Å². The number of methoxy groups -OCH3 is 1. The minimum absolute atomic E-state index is 0.0401. The number of anilines is 1. The fourth-order valence-electron chi connectivity index (χ4n) is 2.04. The van der Waals surface area contributed by atoms with Crippen LogP contribution in [0.4, 0.5) is 5.69 Å². The van der Waals surface area contributed by atoms with E-state index in [-0.39, 0.29) is 12.5 Å². The molecule has 2 rings (SSSR count). The van der Waals surface area contributed by atoms with Gasteiger partial charge >= 0.3 is 5.97 Å². The van der Waals surface area contributed by atoms with Gasteiger partial charge in [0.1, 0.15) is 12.2 Å². The first-order chi connectivity index (χ1) is 9.06. The van der Waals surface area contributed by atoms with Crippen molar-refractivity contribution in [1.29, 1.82) is 0 Å². The van der Waals surface area contributed by atoms with Gasteiger partial charge in [0.05, 0.1) is 12.8 Å². The highest BCUT2D eigenvalue weighted by molar-refractivity contribution is 5.95. The molecular formula is C13H19N3O3. The number of esters is 1. The fourth-order valence-corrected chi connectivity index (χ4v) is 2.04. The van der Waals surface area contributed by atoms with Gasteiger partial charge in [-0.2, -0.15) is 0 Å². The third-order valence-corrected chi connectivity index (χ3v) is 3.25. The summed E-state index contributed by atoms with van der Waals surface area (Å²) in [4.78, 5) is 25.2. The molecular weight excluding hydrogens is 246 g/mol. The number of amides is 1. The van der Waals surface area contributed by atoms with E-state index in [1.54, 1.807) is 12.3 Å². The van der Waals surface area contributed by atoms with Crippen molar-refractivity contribution in [3.63, 3.8) is 0 Å². The van der Waals surface area contributed by atoms with Crippen LogP contribution in [0.1, 0.15) is 36.3 Å². The third-order valence-electron chi connectivity index (χ3n) is 3.25. The zero-order chi connectivity index (χ0) is 14.0. The van der Waals surface area contributed by atoms with E-state index in [1.165, 1.54) is 12.0 Å². The third kappa shape index (κ3) is 2.89. The molecule has 1 saturated carbocycles. The summed E-state index contributed by atoms with van der Waals surface area (Å²) in [5, 5.41) is 0. The first-order valence-corrected chi connectivity index (χ1v) is 6.40. The average molecular weight is 265 g/mol. The molecule has 0 bridgehead atoms. The molecule has 0 atom stereocenters. The van der Waals surface area contributed by atoms with E-state index in [4.69, 9.17) is 5.73 Å². The number of hydrogen-bond donors (Lipinski definition) is 1. The highest BCUT2D eigenvalue weighted by atomic mass is 16.5. The maximum absolute atomic E-state index is 12.4. The molecule has 1 aromatic rings. The van der Waals surface area contributed by atoms with Crippen LogP contribution >= 0.6 is 0 Å². The molecule has 6 nitrogen and oxygen atoms in total. The molecule has 1 amide bonds. The average Bonchev–Trinajstić information content (AvgIpc) is 3.17. The number of aromatic nitrogens is 1. The summed E-state index contributed by atoms with van der Waals surface area (Å²) in [5.41, 5.74) is 6.89. The van der Waals surface area contributed by atoms with Gasteiger partial charge in [-0.3, -0.25) is 9.59 Å². The second kappa shape index (κ2) is 5.34. The molecule has 1 heterocycles. The van der Waals surface area contributed by atoms with Crippen LogP contribution < -0.4 is 5.73 Å². The molecule has 1 fully saturated rings. The lowest BCUT2D eigenvalue weighted by atomic mass is 10.3. The normalized spacial score (nSPS) is 14.2. The van der Waals surface area contributed by atoms with Crippen LogP contribution in [0.3, 0.4) is 0 Å². The molecule has 0 aliphatic heterocycles. The Kier molecular flexibility index (Phi) is 3.78. The number of carbonyl (C=O) groups excluding carboxylic acids is 2. The van der Waals surface area contributed by atoms with E-state index < -0.39 is 5.97 Å². The molecule has 0 unspecified atom stereocenters. The van der Waals surface area contributed by atoms with Gasteiger partial charge in [-0.25, -0.2) is 0 Å². The minimum atomic E-state index is -0.423. The van der Waals surface area contributed by atoms with Crippen LogP contribution in [0.2, 0.25) is 0 Å². The first-order valence-electron chi connectivity index (χ1n) is 6.40. The summed E-state index contributed by atoms with van der Waals surface area (Å²) in [6.45, 7) is 2.24. The number of rotatable bonds is 5. The number of nitrogen functional groups attached to an aromatic ring is 1. The minimum Gasteiger partial charge on any atom is -0.468 e. The van der Waals surface area contributed by atoms with E-state index in [1.807, 2.05) is 11.5 Å². The van der Waals surface area contributed by atoms with Crippen LogP contribution in [0.25, 0.3) is 0 Å². The standard InChI is InChI=1S/C13H19N3O3/c1-3-15(8-12(17)19-2)13(18)11-6-9(14)7-16(11)10-4-5-10/h6-7,10H,3-5,8,14H2,1-2H3. The predicted octanol–water partition coefficient (Wildman–Crippen LogP) is 1.04. The highest BCUT2D eigenvalue weighted by Crippen LogP contribution is 2.37. The Morgan fingerprint density at radius 1 is 1.53 bits per heavy atom. The Hall–Kier alpha value is -1.98. The Morgan fingerprint density at radius 3 is 2.74 bits per heavy atom. The number of ether oxygens (including phenoxy) is 1. The van der Waals surface area contributed by atoms with Crippen LogP contribution in [0, 0.1) is 0 Å². The lowest BCUT2D eigenvalue weighted by Gasteiger charge is -2.20. The summed E-state index contributed by atoms with van der Waals surface area (Å²) in [5.74, 6) is -0.607. The molecule has 19 heavy (non-hydrogen) atoms. The summed E-state index contributed by atoms with van der Waals surface area (Å²) in [6, 6.07) is 2.04. The Bertz CT molecular complexity index is 491. The second-order valence-corrected chi connectivity index (χ2v) is 4.69. The molecule has 6 heteroatoms. The molecule has 0 saturated heterocycles. The SMILES string of the molecule is CCN(CC(=O)OC)C(=O)c1cc(N)cn1C1CC1. The largest absolute Gasteiger partial charge is 0.468 e. The van der Waals surface area contributed by atoms with Gasteiger partial charge in [-0.1, -0.05) is 0 Å². The van der Waals surface area contributed by atoms with Gasteiger partial charge in [0.15, 0.2) is 0 Å². The second-order valence-electron chi connectivity index (χ2n) is 4.69. The van der Waals surface area contributed by atoms with Gasteiger partial charge in [-0.15, -0.1) is 0 Å². The van der Waals surface area contributed by atoms with Crippen molar-refractivity contribution in [1.82, 2.24) is 9.47 Å². The molecule has 0 radical (unpaired) electrons. The number of carbonyl (C=O) groups is 2. The number of nitrogens with zero attached hydrogens (tertiary/aromatic N) is 2.